The minimum atomic E-state index is 0.323. The largest absolute Gasteiger partial charge is 0.508 e. The second kappa shape index (κ2) is 5.50. The van der Waals surface area contributed by atoms with Gasteiger partial charge in [0.25, 0.3) is 0 Å². The van der Waals surface area contributed by atoms with Gasteiger partial charge in [-0.3, -0.25) is 5.10 Å². The molecule has 0 saturated carbocycles. The third-order valence-corrected chi connectivity index (χ3v) is 3.50. The maximum absolute atomic E-state index is 9.72. The number of aromatic amines is 1. The number of benzene rings is 1. The Morgan fingerprint density at radius 2 is 2.15 bits per heavy atom. The van der Waals surface area contributed by atoms with Gasteiger partial charge >= 0.3 is 0 Å². The molecule has 0 radical (unpaired) electrons. The fourth-order valence-electron chi connectivity index (χ4n) is 2.30. The molecule has 0 bridgehead atoms. The molecular weight excluding hydrogens is 256 g/mol. The van der Waals surface area contributed by atoms with Crippen LogP contribution in [0.15, 0.2) is 18.2 Å². The lowest BCUT2D eigenvalue weighted by Crippen LogP contribution is -2.36. The number of aromatic nitrogens is 3. The third kappa shape index (κ3) is 2.46. The Hall–Kier alpha value is -2.08. The molecule has 1 saturated heterocycles. The second-order valence-corrected chi connectivity index (χ2v) is 4.78. The summed E-state index contributed by atoms with van der Waals surface area (Å²) >= 11 is 0. The maximum Gasteiger partial charge on any atom is 0.245 e. The zero-order valence-electron chi connectivity index (χ0n) is 11.5. The zero-order chi connectivity index (χ0) is 13.9. The number of phenolic OH excluding ortho intramolecular Hbond substituents is 1. The Bertz CT molecular complexity index is 591. The molecule has 0 spiro atoms. The standard InChI is InChI=1S/C14H18N4O2/c1-2-10-9-11(3-4-12(10)19)13-15-14(17-16-13)18-5-7-20-8-6-18/h3-4,9,19H,2,5-8H2,1H3,(H,15,16,17). The van der Waals surface area contributed by atoms with Crippen LogP contribution in [-0.2, 0) is 11.2 Å². The minimum absolute atomic E-state index is 0.323. The molecule has 2 heterocycles. The van der Waals surface area contributed by atoms with E-state index in [2.05, 4.69) is 20.1 Å². The highest BCUT2D eigenvalue weighted by Crippen LogP contribution is 2.25. The summed E-state index contributed by atoms with van der Waals surface area (Å²) in [5, 5.41) is 17.0. The highest BCUT2D eigenvalue weighted by molar-refractivity contribution is 5.59. The van der Waals surface area contributed by atoms with Crippen molar-refractivity contribution in [3.05, 3.63) is 23.8 Å². The average Bonchev–Trinajstić information content (AvgIpc) is 2.98. The van der Waals surface area contributed by atoms with Crippen LogP contribution in [0, 0.1) is 0 Å². The molecule has 6 heteroatoms. The summed E-state index contributed by atoms with van der Waals surface area (Å²) in [7, 11) is 0. The molecule has 1 aliphatic heterocycles. The van der Waals surface area contributed by atoms with Crippen molar-refractivity contribution in [2.24, 2.45) is 0 Å². The van der Waals surface area contributed by atoms with Crippen LogP contribution in [0.2, 0.25) is 0 Å². The van der Waals surface area contributed by atoms with Gasteiger partial charge in [0.05, 0.1) is 13.2 Å². The van der Waals surface area contributed by atoms with Gasteiger partial charge in [0.2, 0.25) is 5.95 Å². The van der Waals surface area contributed by atoms with Gasteiger partial charge in [-0.15, -0.1) is 5.10 Å². The van der Waals surface area contributed by atoms with E-state index in [4.69, 9.17) is 4.74 Å². The van der Waals surface area contributed by atoms with Crippen molar-refractivity contribution < 1.29 is 9.84 Å². The van der Waals surface area contributed by atoms with E-state index in [9.17, 15) is 5.11 Å². The zero-order valence-corrected chi connectivity index (χ0v) is 11.5. The second-order valence-electron chi connectivity index (χ2n) is 4.78. The molecule has 20 heavy (non-hydrogen) atoms. The van der Waals surface area contributed by atoms with Crippen molar-refractivity contribution in [1.82, 2.24) is 15.2 Å². The number of rotatable bonds is 3. The molecule has 1 aliphatic rings. The highest BCUT2D eigenvalue weighted by atomic mass is 16.5. The molecule has 1 fully saturated rings. The van der Waals surface area contributed by atoms with Gasteiger partial charge in [0.1, 0.15) is 5.75 Å². The number of nitrogens with one attached hydrogen (secondary N) is 1. The Balaban J connectivity index is 1.85. The van der Waals surface area contributed by atoms with Crippen LogP contribution in [0.1, 0.15) is 12.5 Å². The normalized spacial score (nSPS) is 15.6. The first-order valence-corrected chi connectivity index (χ1v) is 6.85. The summed E-state index contributed by atoms with van der Waals surface area (Å²) in [6.45, 7) is 5.06. The summed E-state index contributed by atoms with van der Waals surface area (Å²) < 4.78 is 5.32. The van der Waals surface area contributed by atoms with Crippen LogP contribution in [-0.4, -0.2) is 46.6 Å². The molecule has 1 aromatic carbocycles. The van der Waals surface area contributed by atoms with Crippen LogP contribution in [0.4, 0.5) is 5.95 Å². The van der Waals surface area contributed by atoms with Gasteiger partial charge in [-0.25, -0.2) is 0 Å². The Labute approximate surface area is 117 Å². The molecule has 0 unspecified atom stereocenters. The molecule has 0 amide bonds. The van der Waals surface area contributed by atoms with Gasteiger partial charge in [0.15, 0.2) is 5.82 Å². The summed E-state index contributed by atoms with van der Waals surface area (Å²) in [6, 6.07) is 5.49. The maximum atomic E-state index is 9.72. The fraction of sp³-hybridized carbons (Fsp3) is 0.429. The number of hydrogen-bond acceptors (Lipinski definition) is 5. The van der Waals surface area contributed by atoms with E-state index in [-0.39, 0.29) is 0 Å². The van der Waals surface area contributed by atoms with Gasteiger partial charge < -0.3 is 14.7 Å². The minimum Gasteiger partial charge on any atom is -0.508 e. The summed E-state index contributed by atoms with van der Waals surface area (Å²) in [5.74, 6) is 1.75. The molecule has 0 aliphatic carbocycles. The van der Waals surface area contributed by atoms with Gasteiger partial charge in [0, 0.05) is 18.7 Å². The summed E-state index contributed by atoms with van der Waals surface area (Å²) in [5.41, 5.74) is 1.85. The number of nitrogens with zero attached hydrogens (tertiary/aromatic N) is 3. The number of hydrogen-bond donors (Lipinski definition) is 2. The van der Waals surface area contributed by atoms with Crippen LogP contribution >= 0.6 is 0 Å². The number of aromatic hydroxyl groups is 1. The van der Waals surface area contributed by atoms with Crippen molar-refractivity contribution in [1.29, 1.82) is 0 Å². The molecule has 2 aromatic rings. The van der Waals surface area contributed by atoms with Crippen molar-refractivity contribution in [2.75, 3.05) is 31.2 Å². The highest BCUT2D eigenvalue weighted by Gasteiger charge is 2.16. The summed E-state index contributed by atoms with van der Waals surface area (Å²) in [6.07, 6.45) is 0.782. The predicted octanol–water partition coefficient (Wildman–Crippen LogP) is 1.58. The van der Waals surface area contributed by atoms with Crippen LogP contribution in [0.3, 0.4) is 0 Å². The van der Waals surface area contributed by atoms with Crippen LogP contribution < -0.4 is 4.90 Å². The van der Waals surface area contributed by atoms with E-state index in [1.165, 1.54) is 0 Å². The van der Waals surface area contributed by atoms with E-state index in [1.54, 1.807) is 6.07 Å². The smallest absolute Gasteiger partial charge is 0.245 e. The number of H-pyrrole nitrogens is 1. The lowest BCUT2D eigenvalue weighted by molar-refractivity contribution is 0.122. The molecule has 2 N–H and O–H groups in total. The number of aryl methyl sites for hydroxylation is 1. The Kier molecular flexibility index (Phi) is 3.56. The number of anilines is 1. The predicted molar refractivity (Wildman–Crippen MR) is 75.9 cm³/mol. The van der Waals surface area contributed by atoms with Crippen molar-refractivity contribution >= 4 is 5.95 Å². The first kappa shape index (κ1) is 12.9. The Morgan fingerprint density at radius 3 is 2.90 bits per heavy atom. The van der Waals surface area contributed by atoms with Gasteiger partial charge in [-0.1, -0.05) is 6.92 Å². The number of morpholine rings is 1. The van der Waals surface area contributed by atoms with E-state index >= 15 is 0 Å². The average molecular weight is 274 g/mol. The molecule has 106 valence electrons. The summed E-state index contributed by atoms with van der Waals surface area (Å²) in [4.78, 5) is 6.63. The molecular formula is C14H18N4O2. The van der Waals surface area contributed by atoms with E-state index in [0.717, 1.165) is 36.5 Å². The monoisotopic (exact) mass is 274 g/mol. The Morgan fingerprint density at radius 1 is 1.35 bits per heavy atom. The van der Waals surface area contributed by atoms with Crippen molar-refractivity contribution in [3.8, 4) is 17.1 Å². The SMILES string of the molecule is CCc1cc(-c2nc(N3CCOCC3)n[nH]2)ccc1O. The number of phenols is 1. The van der Waals surface area contributed by atoms with E-state index in [0.29, 0.717) is 24.9 Å². The quantitative estimate of drug-likeness (QED) is 0.888. The van der Waals surface area contributed by atoms with Crippen LogP contribution in [0.25, 0.3) is 11.4 Å². The van der Waals surface area contributed by atoms with E-state index in [1.807, 2.05) is 19.1 Å². The lowest BCUT2D eigenvalue weighted by atomic mass is 10.1. The first-order valence-electron chi connectivity index (χ1n) is 6.85. The third-order valence-electron chi connectivity index (χ3n) is 3.50. The first-order chi connectivity index (χ1) is 9.78. The van der Waals surface area contributed by atoms with E-state index < -0.39 is 0 Å². The molecule has 6 nitrogen and oxygen atoms in total. The van der Waals surface area contributed by atoms with Crippen LogP contribution in [0.5, 0.6) is 5.75 Å². The van der Waals surface area contributed by atoms with Crippen molar-refractivity contribution in [3.63, 3.8) is 0 Å². The van der Waals surface area contributed by atoms with Gasteiger partial charge in [-0.05, 0) is 30.2 Å². The van der Waals surface area contributed by atoms with Crippen molar-refractivity contribution in [2.45, 2.75) is 13.3 Å². The molecule has 0 atom stereocenters. The number of ether oxygens (including phenoxy) is 1. The molecule has 1 aromatic heterocycles. The molecule has 3 rings (SSSR count). The topological polar surface area (TPSA) is 74.3 Å². The lowest BCUT2D eigenvalue weighted by Gasteiger charge is -2.25. The fourth-order valence-corrected chi connectivity index (χ4v) is 2.30. The van der Waals surface area contributed by atoms with Gasteiger partial charge in [-0.2, -0.15) is 4.98 Å².